The number of pyridine rings is 1. The molecule has 0 aliphatic carbocycles. The molecule has 0 bridgehead atoms. The molecule has 1 amide bonds. The van der Waals surface area contributed by atoms with Crippen LogP contribution in [-0.2, 0) is 9.53 Å². The van der Waals surface area contributed by atoms with Gasteiger partial charge in [-0.1, -0.05) is 11.6 Å². The summed E-state index contributed by atoms with van der Waals surface area (Å²) in [7, 11) is 0. The van der Waals surface area contributed by atoms with Crippen LogP contribution >= 0.6 is 11.6 Å². The lowest BCUT2D eigenvalue weighted by atomic mass is 10.1. The summed E-state index contributed by atoms with van der Waals surface area (Å²) in [6.45, 7) is 1.47. The highest BCUT2D eigenvalue weighted by Crippen LogP contribution is 2.18. The Hall–Kier alpha value is -3.06. The van der Waals surface area contributed by atoms with Gasteiger partial charge in [-0.15, -0.1) is 0 Å². The van der Waals surface area contributed by atoms with Crippen LogP contribution in [0.15, 0.2) is 48.8 Å². The standard InChI is InChI=1S/C17H13ClN4O3/c1-10(15(23)22-17-19-7-2-8-20-17)25-16(24)12-3-5-13-11(9-12)4-6-14(18)21-13/h2-10H,1H3,(H,19,20,22,23). The van der Waals surface area contributed by atoms with E-state index in [1.54, 1.807) is 36.4 Å². The van der Waals surface area contributed by atoms with Crippen LogP contribution in [0.3, 0.4) is 0 Å². The Balaban J connectivity index is 1.68. The molecular formula is C17H13ClN4O3. The minimum Gasteiger partial charge on any atom is -0.449 e. The number of nitrogens with one attached hydrogen (secondary N) is 1. The van der Waals surface area contributed by atoms with Crippen LogP contribution in [0.25, 0.3) is 10.9 Å². The molecule has 0 aliphatic heterocycles. The van der Waals surface area contributed by atoms with E-state index in [1.165, 1.54) is 19.3 Å². The van der Waals surface area contributed by atoms with Crippen LogP contribution in [0.5, 0.6) is 0 Å². The number of amides is 1. The van der Waals surface area contributed by atoms with Gasteiger partial charge in [-0.3, -0.25) is 10.1 Å². The van der Waals surface area contributed by atoms with Crippen molar-refractivity contribution in [2.45, 2.75) is 13.0 Å². The number of aromatic nitrogens is 3. The first-order valence-corrected chi connectivity index (χ1v) is 7.76. The van der Waals surface area contributed by atoms with E-state index in [2.05, 4.69) is 20.3 Å². The van der Waals surface area contributed by atoms with E-state index in [0.717, 1.165) is 5.39 Å². The maximum Gasteiger partial charge on any atom is 0.338 e. The van der Waals surface area contributed by atoms with Gasteiger partial charge in [-0.25, -0.2) is 19.7 Å². The van der Waals surface area contributed by atoms with Crippen LogP contribution in [-0.4, -0.2) is 32.9 Å². The average Bonchev–Trinajstić information content (AvgIpc) is 2.62. The van der Waals surface area contributed by atoms with Crippen molar-refractivity contribution in [1.82, 2.24) is 15.0 Å². The smallest absolute Gasteiger partial charge is 0.338 e. The molecule has 0 saturated carbocycles. The van der Waals surface area contributed by atoms with Crippen LogP contribution in [0.4, 0.5) is 5.95 Å². The number of halogens is 1. The molecule has 1 unspecified atom stereocenters. The minimum atomic E-state index is -1.00. The first kappa shape index (κ1) is 16.8. The maximum absolute atomic E-state index is 12.2. The zero-order valence-corrected chi connectivity index (χ0v) is 13.9. The van der Waals surface area contributed by atoms with E-state index in [-0.39, 0.29) is 5.95 Å². The van der Waals surface area contributed by atoms with Crippen molar-refractivity contribution < 1.29 is 14.3 Å². The van der Waals surface area contributed by atoms with Gasteiger partial charge in [0.05, 0.1) is 11.1 Å². The normalized spacial score (nSPS) is 11.8. The highest BCUT2D eigenvalue weighted by atomic mass is 35.5. The Kier molecular flexibility index (Phi) is 4.85. The van der Waals surface area contributed by atoms with Gasteiger partial charge >= 0.3 is 5.97 Å². The van der Waals surface area contributed by atoms with Gasteiger partial charge in [0.1, 0.15) is 5.15 Å². The predicted molar refractivity (Wildman–Crippen MR) is 92.3 cm³/mol. The van der Waals surface area contributed by atoms with E-state index < -0.39 is 18.0 Å². The molecule has 0 radical (unpaired) electrons. The van der Waals surface area contributed by atoms with Gasteiger partial charge in [0.25, 0.3) is 5.91 Å². The molecule has 8 heteroatoms. The third-order valence-corrected chi connectivity index (χ3v) is 3.56. The Bertz CT molecular complexity index is 934. The number of rotatable bonds is 4. The molecule has 126 valence electrons. The molecular weight excluding hydrogens is 344 g/mol. The van der Waals surface area contributed by atoms with E-state index >= 15 is 0 Å². The lowest BCUT2D eigenvalue weighted by molar-refractivity contribution is -0.123. The molecule has 1 N–H and O–H groups in total. The SMILES string of the molecule is CC(OC(=O)c1ccc2nc(Cl)ccc2c1)C(=O)Nc1ncccn1. The summed E-state index contributed by atoms with van der Waals surface area (Å²) >= 11 is 5.83. The Morgan fingerprint density at radius 2 is 1.92 bits per heavy atom. The second-order valence-corrected chi connectivity index (χ2v) is 5.54. The molecule has 7 nitrogen and oxygen atoms in total. The fourth-order valence-corrected chi connectivity index (χ4v) is 2.24. The molecule has 0 saturated heterocycles. The van der Waals surface area contributed by atoms with Gasteiger partial charge in [-0.2, -0.15) is 0 Å². The largest absolute Gasteiger partial charge is 0.449 e. The molecule has 0 fully saturated rings. The van der Waals surface area contributed by atoms with Crippen LogP contribution in [0, 0.1) is 0 Å². The summed E-state index contributed by atoms with van der Waals surface area (Å²) < 4.78 is 5.19. The molecule has 1 atom stereocenters. The minimum absolute atomic E-state index is 0.143. The monoisotopic (exact) mass is 356 g/mol. The average molecular weight is 357 g/mol. The summed E-state index contributed by atoms with van der Waals surface area (Å²) in [5.74, 6) is -0.994. The van der Waals surface area contributed by atoms with Gasteiger partial charge in [0.15, 0.2) is 6.10 Å². The number of carbonyl (C=O) groups excluding carboxylic acids is 2. The van der Waals surface area contributed by atoms with E-state index in [0.29, 0.717) is 16.2 Å². The zero-order valence-electron chi connectivity index (χ0n) is 13.1. The van der Waals surface area contributed by atoms with E-state index in [4.69, 9.17) is 16.3 Å². The van der Waals surface area contributed by atoms with Crippen molar-refractivity contribution in [3.63, 3.8) is 0 Å². The highest BCUT2D eigenvalue weighted by molar-refractivity contribution is 6.29. The van der Waals surface area contributed by atoms with Crippen molar-refractivity contribution in [3.8, 4) is 0 Å². The van der Waals surface area contributed by atoms with Crippen LogP contribution in [0.2, 0.25) is 5.15 Å². The summed E-state index contributed by atoms with van der Waals surface area (Å²) in [4.78, 5) is 36.2. The quantitative estimate of drug-likeness (QED) is 0.570. The van der Waals surface area contributed by atoms with Crippen molar-refractivity contribution in [2.24, 2.45) is 0 Å². The predicted octanol–water partition coefficient (Wildman–Crippen LogP) is 2.86. The highest BCUT2D eigenvalue weighted by Gasteiger charge is 2.20. The summed E-state index contributed by atoms with van der Waals surface area (Å²) in [6, 6.07) is 9.88. The van der Waals surface area contributed by atoms with Crippen LogP contribution in [0.1, 0.15) is 17.3 Å². The summed E-state index contributed by atoms with van der Waals surface area (Å²) in [5.41, 5.74) is 0.975. The Labute approximate surface area is 148 Å². The Morgan fingerprint density at radius 3 is 2.68 bits per heavy atom. The molecule has 0 aliphatic rings. The van der Waals surface area contributed by atoms with E-state index in [1.807, 2.05) is 0 Å². The second kappa shape index (κ2) is 7.23. The van der Waals surface area contributed by atoms with E-state index in [9.17, 15) is 9.59 Å². The fraction of sp³-hybridized carbons (Fsp3) is 0.118. The summed E-state index contributed by atoms with van der Waals surface area (Å²) in [5, 5.41) is 3.59. The molecule has 3 aromatic rings. The number of benzene rings is 1. The van der Waals surface area contributed by atoms with Crippen molar-refractivity contribution in [3.05, 3.63) is 59.5 Å². The topological polar surface area (TPSA) is 94.1 Å². The maximum atomic E-state index is 12.2. The van der Waals surface area contributed by atoms with Crippen molar-refractivity contribution >= 4 is 40.3 Å². The van der Waals surface area contributed by atoms with Crippen molar-refractivity contribution in [2.75, 3.05) is 5.32 Å². The molecule has 0 spiro atoms. The number of hydrogen-bond acceptors (Lipinski definition) is 6. The number of carbonyl (C=O) groups is 2. The third-order valence-electron chi connectivity index (χ3n) is 3.34. The fourth-order valence-electron chi connectivity index (χ4n) is 2.09. The van der Waals surface area contributed by atoms with Gasteiger partial charge in [0.2, 0.25) is 5.95 Å². The first-order valence-electron chi connectivity index (χ1n) is 7.38. The van der Waals surface area contributed by atoms with Crippen LogP contribution < -0.4 is 5.32 Å². The third kappa shape index (κ3) is 4.07. The lowest BCUT2D eigenvalue weighted by Crippen LogP contribution is -2.30. The number of hydrogen-bond donors (Lipinski definition) is 1. The molecule has 25 heavy (non-hydrogen) atoms. The molecule has 1 aromatic carbocycles. The summed E-state index contributed by atoms with van der Waals surface area (Å²) in [6.07, 6.45) is 1.99. The first-order chi connectivity index (χ1) is 12.0. The van der Waals surface area contributed by atoms with Gasteiger partial charge in [0, 0.05) is 17.8 Å². The number of ether oxygens (including phenoxy) is 1. The number of esters is 1. The number of nitrogens with zero attached hydrogens (tertiary/aromatic N) is 3. The zero-order chi connectivity index (χ0) is 17.8. The number of anilines is 1. The molecule has 2 heterocycles. The van der Waals surface area contributed by atoms with Gasteiger partial charge < -0.3 is 4.74 Å². The molecule has 2 aromatic heterocycles. The second-order valence-electron chi connectivity index (χ2n) is 5.15. The van der Waals surface area contributed by atoms with Crippen molar-refractivity contribution in [1.29, 1.82) is 0 Å². The number of fused-ring (bicyclic) bond motifs is 1. The van der Waals surface area contributed by atoms with Gasteiger partial charge in [-0.05, 0) is 43.3 Å². The molecule has 3 rings (SSSR count). The lowest BCUT2D eigenvalue weighted by Gasteiger charge is -2.13. The Morgan fingerprint density at radius 1 is 1.16 bits per heavy atom.